The molecule has 6 heteroatoms. The molecule has 0 aliphatic rings. The molecule has 2 rings (SSSR count). The van der Waals surface area contributed by atoms with Gasteiger partial charge in [-0.25, -0.2) is 0 Å². The molecule has 0 amide bonds. The molecule has 0 spiro atoms. The van der Waals surface area contributed by atoms with Crippen LogP contribution in [0.25, 0.3) is 5.69 Å². The second kappa shape index (κ2) is 3.28. The quantitative estimate of drug-likeness (QED) is 0.668. The van der Waals surface area contributed by atoms with E-state index in [4.69, 9.17) is 5.73 Å². The van der Waals surface area contributed by atoms with Gasteiger partial charge >= 0.3 is 0 Å². The zero-order valence-corrected chi connectivity index (χ0v) is 6.83. The first-order valence-corrected chi connectivity index (χ1v) is 3.79. The molecule has 2 N–H and O–H groups in total. The smallest absolute Gasteiger partial charge is 0.170 e. The minimum Gasteiger partial charge on any atom is -0.324 e. The van der Waals surface area contributed by atoms with Crippen molar-refractivity contribution >= 4 is 0 Å². The monoisotopic (exact) mass is 176 g/mol. The highest BCUT2D eigenvalue weighted by Crippen LogP contribution is 2.04. The minimum atomic E-state index is 0.315. The first-order valence-electron chi connectivity index (χ1n) is 3.79. The van der Waals surface area contributed by atoms with Crippen LogP contribution in [0.3, 0.4) is 0 Å². The van der Waals surface area contributed by atoms with Gasteiger partial charge in [0.1, 0.15) is 0 Å². The fourth-order valence-electron chi connectivity index (χ4n) is 1.02. The Labute approximate surface area is 74.4 Å². The summed E-state index contributed by atoms with van der Waals surface area (Å²) in [6.45, 7) is 0.315. The highest BCUT2D eigenvalue weighted by atomic mass is 15.5. The molecule has 2 heterocycles. The third kappa shape index (κ3) is 1.38. The second-order valence-electron chi connectivity index (χ2n) is 2.42. The summed E-state index contributed by atoms with van der Waals surface area (Å²) >= 11 is 0. The van der Waals surface area contributed by atoms with E-state index in [0.29, 0.717) is 12.4 Å². The molecule has 0 bridgehead atoms. The summed E-state index contributed by atoms with van der Waals surface area (Å²) in [5.74, 6) is 0.631. The van der Waals surface area contributed by atoms with E-state index in [2.05, 4.69) is 20.5 Å². The summed E-state index contributed by atoms with van der Waals surface area (Å²) in [5.41, 5.74) is 6.31. The first kappa shape index (κ1) is 7.81. The molecule has 13 heavy (non-hydrogen) atoms. The van der Waals surface area contributed by atoms with E-state index in [1.165, 1.54) is 0 Å². The molecular weight excluding hydrogens is 168 g/mol. The van der Waals surface area contributed by atoms with Crippen LogP contribution in [0.2, 0.25) is 0 Å². The average Bonchev–Trinajstić information content (AvgIpc) is 2.67. The molecule has 2 aromatic rings. The number of nitrogens with zero attached hydrogens (tertiary/aromatic N) is 5. The number of rotatable bonds is 2. The topological polar surface area (TPSA) is 82.5 Å². The lowest BCUT2D eigenvalue weighted by Gasteiger charge is -2.00. The third-order valence-corrected chi connectivity index (χ3v) is 1.62. The zero-order valence-electron chi connectivity index (χ0n) is 6.83. The highest BCUT2D eigenvalue weighted by Gasteiger charge is 2.04. The Morgan fingerprint density at radius 2 is 2.08 bits per heavy atom. The predicted molar refractivity (Wildman–Crippen MR) is 44.8 cm³/mol. The van der Waals surface area contributed by atoms with Gasteiger partial charge in [-0.3, -0.25) is 4.98 Å². The summed E-state index contributed by atoms with van der Waals surface area (Å²) in [6.07, 6.45) is 3.36. The molecule has 0 unspecified atom stereocenters. The van der Waals surface area contributed by atoms with Crippen LogP contribution >= 0.6 is 0 Å². The van der Waals surface area contributed by atoms with Crippen LogP contribution < -0.4 is 5.73 Å². The lowest BCUT2D eigenvalue weighted by Crippen LogP contribution is -2.07. The van der Waals surface area contributed by atoms with Gasteiger partial charge < -0.3 is 5.73 Å². The van der Waals surface area contributed by atoms with E-state index in [-0.39, 0.29) is 0 Å². The molecule has 0 aromatic carbocycles. The Kier molecular flexibility index (Phi) is 1.97. The van der Waals surface area contributed by atoms with Crippen molar-refractivity contribution in [3.63, 3.8) is 0 Å². The summed E-state index contributed by atoms with van der Waals surface area (Å²) in [4.78, 5) is 3.90. The molecule has 6 nitrogen and oxygen atoms in total. The summed E-state index contributed by atoms with van der Waals surface area (Å²) < 4.78 is 1.58. The van der Waals surface area contributed by atoms with Gasteiger partial charge in [-0.2, -0.15) is 4.68 Å². The van der Waals surface area contributed by atoms with Crippen molar-refractivity contribution in [1.82, 2.24) is 25.2 Å². The van der Waals surface area contributed by atoms with Crippen LogP contribution in [-0.2, 0) is 6.54 Å². The summed E-state index contributed by atoms with van der Waals surface area (Å²) in [7, 11) is 0. The largest absolute Gasteiger partial charge is 0.324 e. The van der Waals surface area contributed by atoms with Gasteiger partial charge in [-0.1, -0.05) is 0 Å². The van der Waals surface area contributed by atoms with E-state index in [0.717, 1.165) is 5.69 Å². The molecule has 0 saturated carbocycles. The Morgan fingerprint density at radius 1 is 1.31 bits per heavy atom. The highest BCUT2D eigenvalue weighted by molar-refractivity contribution is 5.27. The lowest BCUT2D eigenvalue weighted by atomic mass is 10.4. The number of aromatic nitrogens is 5. The van der Waals surface area contributed by atoms with Crippen LogP contribution in [-0.4, -0.2) is 25.2 Å². The second-order valence-corrected chi connectivity index (χ2v) is 2.42. The van der Waals surface area contributed by atoms with Gasteiger partial charge in [0.25, 0.3) is 0 Å². The third-order valence-electron chi connectivity index (χ3n) is 1.62. The molecule has 66 valence electrons. The number of hydrogen-bond acceptors (Lipinski definition) is 5. The molecule has 0 fully saturated rings. The van der Waals surface area contributed by atoms with Crippen molar-refractivity contribution in [2.75, 3.05) is 0 Å². The summed E-state index contributed by atoms with van der Waals surface area (Å²) in [5, 5.41) is 11.1. The van der Waals surface area contributed by atoms with Crippen molar-refractivity contribution in [3.8, 4) is 5.69 Å². The number of pyridine rings is 1. The van der Waals surface area contributed by atoms with Crippen molar-refractivity contribution in [3.05, 3.63) is 30.4 Å². The van der Waals surface area contributed by atoms with Crippen molar-refractivity contribution in [2.24, 2.45) is 5.73 Å². The van der Waals surface area contributed by atoms with Crippen LogP contribution in [0.4, 0.5) is 0 Å². The predicted octanol–water partition coefficient (Wildman–Crippen LogP) is -0.484. The Morgan fingerprint density at radius 3 is 2.77 bits per heavy atom. The van der Waals surface area contributed by atoms with E-state index < -0.39 is 0 Å². The molecule has 0 aliphatic heterocycles. The fourth-order valence-corrected chi connectivity index (χ4v) is 1.02. The minimum absolute atomic E-state index is 0.315. The van der Waals surface area contributed by atoms with Gasteiger partial charge in [0.15, 0.2) is 5.82 Å². The Balaban J connectivity index is 2.47. The standard InChI is InChI=1S/C7H8N6/c8-5-7-10-11-12-13(7)6-1-3-9-4-2-6/h1-4H,5,8H2. The van der Waals surface area contributed by atoms with Gasteiger partial charge in [0.05, 0.1) is 12.2 Å². The number of nitrogens with two attached hydrogens (primary N) is 1. The summed E-state index contributed by atoms with van der Waals surface area (Å²) in [6, 6.07) is 3.63. The maximum atomic E-state index is 5.45. The SMILES string of the molecule is NCc1nnnn1-c1ccncc1. The Hall–Kier alpha value is -1.82. The number of hydrogen-bond donors (Lipinski definition) is 1. The molecule has 0 radical (unpaired) electrons. The lowest BCUT2D eigenvalue weighted by molar-refractivity contribution is 0.760. The van der Waals surface area contributed by atoms with Crippen LogP contribution in [0.1, 0.15) is 5.82 Å². The molecule has 0 aliphatic carbocycles. The Bertz CT molecular complexity index is 381. The van der Waals surface area contributed by atoms with Crippen LogP contribution in [0.5, 0.6) is 0 Å². The maximum Gasteiger partial charge on any atom is 0.170 e. The number of tetrazole rings is 1. The van der Waals surface area contributed by atoms with E-state index >= 15 is 0 Å². The van der Waals surface area contributed by atoms with Crippen LogP contribution in [0, 0.1) is 0 Å². The molecule has 2 aromatic heterocycles. The van der Waals surface area contributed by atoms with Gasteiger partial charge in [0, 0.05) is 12.4 Å². The van der Waals surface area contributed by atoms with Gasteiger partial charge in [0.2, 0.25) is 0 Å². The van der Waals surface area contributed by atoms with Crippen LogP contribution in [0.15, 0.2) is 24.5 Å². The van der Waals surface area contributed by atoms with Crippen molar-refractivity contribution in [1.29, 1.82) is 0 Å². The van der Waals surface area contributed by atoms with Crippen molar-refractivity contribution in [2.45, 2.75) is 6.54 Å². The zero-order chi connectivity index (χ0) is 9.10. The molecule has 0 saturated heterocycles. The van der Waals surface area contributed by atoms with E-state index in [9.17, 15) is 0 Å². The van der Waals surface area contributed by atoms with Crippen molar-refractivity contribution < 1.29 is 0 Å². The van der Waals surface area contributed by atoms with E-state index in [1.54, 1.807) is 17.1 Å². The molecule has 0 atom stereocenters. The normalized spacial score (nSPS) is 10.2. The molecular formula is C7H8N6. The van der Waals surface area contributed by atoms with E-state index in [1.807, 2.05) is 12.1 Å². The maximum absolute atomic E-state index is 5.45. The first-order chi connectivity index (χ1) is 6.42. The fraction of sp³-hybridized carbons (Fsp3) is 0.143. The van der Waals surface area contributed by atoms with Gasteiger partial charge in [-0.15, -0.1) is 5.10 Å². The van der Waals surface area contributed by atoms with Gasteiger partial charge in [-0.05, 0) is 22.6 Å². The average molecular weight is 176 g/mol.